The predicted octanol–water partition coefficient (Wildman–Crippen LogP) is 3.24. The molecule has 0 unspecified atom stereocenters. The first-order valence-electron chi connectivity index (χ1n) is 14.4. The van der Waals surface area contributed by atoms with Gasteiger partial charge in [0.1, 0.15) is 22.8 Å². The fourth-order valence-electron chi connectivity index (χ4n) is 7.88. The van der Waals surface area contributed by atoms with Gasteiger partial charge in [0.2, 0.25) is 5.78 Å². The maximum atomic E-state index is 14.0. The molecule has 0 spiro atoms. The molecule has 0 aromatic heterocycles. The molecule has 0 saturated heterocycles. The molecule has 0 radical (unpaired) electrons. The van der Waals surface area contributed by atoms with Crippen molar-refractivity contribution in [3.63, 3.8) is 0 Å². The summed E-state index contributed by atoms with van der Waals surface area (Å²) >= 11 is 0. The van der Waals surface area contributed by atoms with E-state index < -0.39 is 58.0 Å². The molecule has 9 nitrogen and oxygen atoms in total. The maximum absolute atomic E-state index is 14.0. The van der Waals surface area contributed by atoms with Crippen LogP contribution in [0.25, 0.3) is 16.5 Å². The number of nitrogens with two attached hydrogens (primary N) is 1. The molecule has 0 aliphatic heterocycles. The van der Waals surface area contributed by atoms with Gasteiger partial charge < -0.3 is 26.2 Å². The van der Waals surface area contributed by atoms with E-state index in [0.29, 0.717) is 10.9 Å². The number of aliphatic hydroxyl groups is 3. The van der Waals surface area contributed by atoms with Crippen LogP contribution in [0.5, 0.6) is 5.75 Å². The van der Waals surface area contributed by atoms with Crippen LogP contribution in [0.2, 0.25) is 0 Å². The number of hydrogen-bond donors (Lipinski definition) is 5. The van der Waals surface area contributed by atoms with Crippen molar-refractivity contribution in [2.24, 2.45) is 23.5 Å². The largest absolute Gasteiger partial charge is 0.508 e. The van der Waals surface area contributed by atoms with Gasteiger partial charge in [-0.05, 0) is 74.2 Å². The van der Waals surface area contributed by atoms with Crippen LogP contribution >= 0.6 is 0 Å². The molecule has 0 bridgehead atoms. The van der Waals surface area contributed by atoms with Crippen LogP contribution in [0.3, 0.4) is 0 Å². The van der Waals surface area contributed by atoms with Crippen LogP contribution in [0.15, 0.2) is 41.2 Å². The smallest absolute Gasteiger partial charge is 0.255 e. The Hall–Kier alpha value is -3.69. The Morgan fingerprint density at radius 2 is 1.80 bits per heavy atom. The van der Waals surface area contributed by atoms with Crippen LogP contribution in [0.1, 0.15) is 55.2 Å². The van der Waals surface area contributed by atoms with Gasteiger partial charge in [0.05, 0.1) is 11.6 Å². The van der Waals surface area contributed by atoms with Gasteiger partial charge in [0.25, 0.3) is 5.91 Å². The number of benzene rings is 2. The Kier molecular flexibility index (Phi) is 6.50. The first-order valence-corrected chi connectivity index (χ1v) is 14.4. The quantitative estimate of drug-likeness (QED) is 0.348. The lowest BCUT2D eigenvalue weighted by Crippen LogP contribution is -2.65. The van der Waals surface area contributed by atoms with Crippen LogP contribution in [-0.4, -0.2) is 68.5 Å². The number of amides is 1. The van der Waals surface area contributed by atoms with Crippen molar-refractivity contribution >= 4 is 34.0 Å². The Balaban J connectivity index is 1.45. The standard InChI is InChI=1S/C32H36N2O7/c1-34(2)25-21-14-19-13-18-12-17-10-9-16(8-7-15-5-3-4-6-15)11-20(17)26(35)22(18)27(36)23(19)29(38)32(21,41)30(39)24(28(25)37)31(33)40/h9-12,15,19,21,25,35-36,39,41H,3-8,13-14H2,1-2H3,(H2,33,40)/t19-,21-,25-,32-/m0/s1. The zero-order valence-corrected chi connectivity index (χ0v) is 23.3. The summed E-state index contributed by atoms with van der Waals surface area (Å²) in [5.74, 6) is -5.64. The Bertz CT molecular complexity index is 1570. The molecule has 41 heavy (non-hydrogen) atoms. The number of primary amides is 1. The van der Waals surface area contributed by atoms with Gasteiger partial charge in [-0.25, -0.2) is 0 Å². The molecular weight excluding hydrogens is 524 g/mol. The van der Waals surface area contributed by atoms with E-state index in [-0.39, 0.29) is 29.7 Å². The summed E-state index contributed by atoms with van der Waals surface area (Å²) in [6.45, 7) is 0. The fraction of sp³-hybridized carbons (Fsp3) is 0.469. The number of phenolic OH excluding ortho intramolecular Hbond substituents is 1. The number of ketones is 2. The number of aromatic hydroxyl groups is 1. The maximum Gasteiger partial charge on any atom is 0.255 e. The number of carbonyl (C=O) groups excluding carboxylic acids is 3. The van der Waals surface area contributed by atoms with E-state index in [1.54, 1.807) is 14.1 Å². The lowest BCUT2D eigenvalue weighted by molar-refractivity contribution is -0.153. The van der Waals surface area contributed by atoms with Gasteiger partial charge in [0, 0.05) is 16.9 Å². The highest BCUT2D eigenvalue weighted by Gasteiger charge is 2.64. The first-order chi connectivity index (χ1) is 19.4. The number of Topliss-reactive ketones (excluding diaryl/α,β-unsaturated/α-hetero) is 2. The highest BCUT2D eigenvalue weighted by atomic mass is 16.3. The molecule has 6 rings (SSSR count). The summed E-state index contributed by atoms with van der Waals surface area (Å²) < 4.78 is 0. The highest BCUT2D eigenvalue weighted by Crippen LogP contribution is 2.53. The van der Waals surface area contributed by atoms with E-state index in [1.807, 2.05) is 18.2 Å². The van der Waals surface area contributed by atoms with Gasteiger partial charge in [-0.15, -0.1) is 0 Å². The highest BCUT2D eigenvalue weighted by molar-refractivity contribution is 6.24. The van der Waals surface area contributed by atoms with Crippen molar-refractivity contribution in [1.29, 1.82) is 0 Å². The molecule has 0 heterocycles. The number of nitrogens with zero attached hydrogens (tertiary/aromatic N) is 1. The average Bonchev–Trinajstić information content (AvgIpc) is 3.43. The monoisotopic (exact) mass is 560 g/mol. The third-order valence-electron chi connectivity index (χ3n) is 9.91. The van der Waals surface area contributed by atoms with Gasteiger partial charge >= 0.3 is 0 Å². The molecule has 2 aromatic rings. The topological polar surface area (TPSA) is 161 Å². The average molecular weight is 561 g/mol. The van der Waals surface area contributed by atoms with Crippen molar-refractivity contribution in [2.75, 3.05) is 14.1 Å². The molecular formula is C32H36N2O7. The van der Waals surface area contributed by atoms with E-state index >= 15 is 0 Å². The molecule has 2 aromatic carbocycles. The lowest BCUT2D eigenvalue weighted by Gasteiger charge is -2.50. The molecule has 1 amide bonds. The number of aliphatic hydroxyl groups excluding tert-OH is 2. The number of likely N-dealkylation sites (N-methyl/N-ethyl adjacent to an activating group) is 1. The molecule has 2 fully saturated rings. The molecule has 4 atom stereocenters. The van der Waals surface area contributed by atoms with Crippen LogP contribution in [0.4, 0.5) is 0 Å². The zero-order chi connectivity index (χ0) is 29.4. The first kappa shape index (κ1) is 27.5. The number of fused-ring (bicyclic) bond motifs is 4. The number of carbonyl (C=O) groups is 3. The second kappa shape index (κ2) is 9.70. The van der Waals surface area contributed by atoms with Crippen molar-refractivity contribution < 1.29 is 34.8 Å². The summed E-state index contributed by atoms with van der Waals surface area (Å²) in [6.07, 6.45) is 7.40. The zero-order valence-electron chi connectivity index (χ0n) is 23.3. The molecule has 4 aliphatic carbocycles. The second-order valence-electron chi connectivity index (χ2n) is 12.5. The van der Waals surface area contributed by atoms with E-state index in [4.69, 9.17) is 5.73 Å². The van der Waals surface area contributed by atoms with E-state index in [0.717, 1.165) is 29.7 Å². The molecule has 2 saturated carbocycles. The van der Waals surface area contributed by atoms with Gasteiger partial charge in [0.15, 0.2) is 11.4 Å². The van der Waals surface area contributed by atoms with Crippen molar-refractivity contribution in [3.05, 3.63) is 57.9 Å². The number of rotatable bonds is 5. The summed E-state index contributed by atoms with van der Waals surface area (Å²) in [7, 11) is 3.17. The SMILES string of the molecule is CN(C)[C@@H]1C(=O)C(C(N)=O)=C(O)[C@@]2(O)C(=O)C3=C(O)c4c(cc5ccc(CCC6CCCC6)cc5c4O)C[C@H]3C[C@@H]12. The minimum Gasteiger partial charge on any atom is -0.508 e. The Morgan fingerprint density at radius 1 is 1.10 bits per heavy atom. The minimum atomic E-state index is -2.63. The molecule has 4 aliphatic rings. The lowest BCUT2D eigenvalue weighted by atomic mass is 9.57. The molecule has 6 N–H and O–H groups in total. The third-order valence-corrected chi connectivity index (χ3v) is 9.91. The van der Waals surface area contributed by atoms with E-state index in [2.05, 4.69) is 6.07 Å². The normalized spacial score (nSPS) is 28.3. The van der Waals surface area contributed by atoms with Crippen molar-refractivity contribution in [1.82, 2.24) is 4.90 Å². The fourth-order valence-corrected chi connectivity index (χ4v) is 7.88. The molecule has 216 valence electrons. The third kappa shape index (κ3) is 4.00. The van der Waals surface area contributed by atoms with Crippen LogP contribution < -0.4 is 5.73 Å². The number of phenols is 1. The predicted molar refractivity (Wildman–Crippen MR) is 152 cm³/mol. The second-order valence-corrected chi connectivity index (χ2v) is 12.5. The van der Waals surface area contributed by atoms with Crippen LogP contribution in [0, 0.1) is 17.8 Å². The van der Waals surface area contributed by atoms with E-state index in [9.17, 15) is 34.8 Å². The summed E-state index contributed by atoms with van der Waals surface area (Å²) in [5, 5.41) is 47.0. The van der Waals surface area contributed by atoms with Gasteiger partial charge in [-0.1, -0.05) is 43.9 Å². The Labute approximate surface area is 238 Å². The van der Waals surface area contributed by atoms with E-state index in [1.165, 1.54) is 30.6 Å². The Morgan fingerprint density at radius 3 is 2.46 bits per heavy atom. The summed E-state index contributed by atoms with van der Waals surface area (Å²) in [4.78, 5) is 40.9. The molecule has 9 heteroatoms. The summed E-state index contributed by atoms with van der Waals surface area (Å²) in [5.41, 5.74) is 3.67. The minimum absolute atomic E-state index is 0.0741. The number of hydrogen-bond acceptors (Lipinski definition) is 8. The van der Waals surface area contributed by atoms with Gasteiger partial charge in [-0.2, -0.15) is 0 Å². The van der Waals surface area contributed by atoms with Gasteiger partial charge in [-0.3, -0.25) is 19.3 Å². The van der Waals surface area contributed by atoms with Crippen LogP contribution in [-0.2, 0) is 27.2 Å². The van der Waals surface area contributed by atoms with Crippen molar-refractivity contribution in [2.45, 2.75) is 63.0 Å². The number of aryl methyl sites for hydroxylation is 1. The van der Waals surface area contributed by atoms with Crippen molar-refractivity contribution in [3.8, 4) is 5.75 Å². The summed E-state index contributed by atoms with van der Waals surface area (Å²) in [6, 6.07) is 6.77.